The summed E-state index contributed by atoms with van der Waals surface area (Å²) < 4.78 is 10.8. The monoisotopic (exact) mass is 293 g/mol. The first-order chi connectivity index (χ1) is 10.1. The third-order valence-corrected chi connectivity index (χ3v) is 3.20. The Morgan fingerprint density at radius 3 is 2.67 bits per heavy atom. The predicted octanol–water partition coefficient (Wildman–Crippen LogP) is 1.83. The standard InChI is InChI=1S/C15H19NO5/c1-2-3-11(9-14(17)18)16-15(19)10-4-5-12-13(8-10)21-7-6-20-12/h4-5,8,11H,2-3,6-7,9H2,1H3,(H,16,19)(H,17,18). The number of amides is 1. The number of benzene rings is 1. The summed E-state index contributed by atoms with van der Waals surface area (Å²) >= 11 is 0. The summed E-state index contributed by atoms with van der Waals surface area (Å²) in [6.07, 6.45) is 1.35. The molecule has 1 heterocycles. The molecular weight excluding hydrogens is 274 g/mol. The minimum atomic E-state index is -0.920. The van der Waals surface area contributed by atoms with Gasteiger partial charge in [0.25, 0.3) is 5.91 Å². The highest BCUT2D eigenvalue weighted by Gasteiger charge is 2.18. The fourth-order valence-electron chi connectivity index (χ4n) is 2.24. The van der Waals surface area contributed by atoms with Crippen LogP contribution in [0.3, 0.4) is 0 Å². The van der Waals surface area contributed by atoms with Crippen LogP contribution in [0.4, 0.5) is 0 Å². The van der Waals surface area contributed by atoms with Crippen molar-refractivity contribution in [3.05, 3.63) is 23.8 Å². The number of carboxylic acids is 1. The predicted molar refractivity (Wildman–Crippen MR) is 75.8 cm³/mol. The Balaban J connectivity index is 2.06. The molecule has 6 nitrogen and oxygen atoms in total. The highest BCUT2D eigenvalue weighted by molar-refractivity contribution is 5.95. The van der Waals surface area contributed by atoms with Crippen molar-refractivity contribution in [1.29, 1.82) is 0 Å². The quantitative estimate of drug-likeness (QED) is 0.836. The number of carbonyl (C=O) groups is 2. The van der Waals surface area contributed by atoms with Gasteiger partial charge in [0.15, 0.2) is 11.5 Å². The molecule has 1 aromatic rings. The molecule has 2 N–H and O–H groups in total. The molecule has 0 saturated heterocycles. The topological polar surface area (TPSA) is 84.9 Å². The van der Waals surface area contributed by atoms with Crippen LogP contribution < -0.4 is 14.8 Å². The summed E-state index contributed by atoms with van der Waals surface area (Å²) in [5.41, 5.74) is 0.436. The van der Waals surface area contributed by atoms with E-state index in [9.17, 15) is 9.59 Å². The Bertz CT molecular complexity index is 529. The second-order valence-electron chi connectivity index (χ2n) is 4.92. The van der Waals surface area contributed by atoms with Crippen molar-refractivity contribution < 1.29 is 24.2 Å². The van der Waals surface area contributed by atoms with Gasteiger partial charge in [0.2, 0.25) is 0 Å². The molecule has 0 saturated carbocycles. The van der Waals surface area contributed by atoms with E-state index in [2.05, 4.69) is 5.32 Å². The van der Waals surface area contributed by atoms with Crippen LogP contribution in [0, 0.1) is 0 Å². The molecule has 2 rings (SSSR count). The van der Waals surface area contributed by atoms with Gasteiger partial charge in [-0.2, -0.15) is 0 Å². The van der Waals surface area contributed by atoms with Gasteiger partial charge in [0.1, 0.15) is 13.2 Å². The second kappa shape index (κ2) is 6.97. The molecule has 0 aliphatic carbocycles. The SMILES string of the molecule is CCCC(CC(=O)O)NC(=O)c1ccc2c(c1)OCCO2. The first-order valence-electron chi connectivity index (χ1n) is 7.02. The number of rotatable bonds is 6. The maximum Gasteiger partial charge on any atom is 0.305 e. The smallest absolute Gasteiger partial charge is 0.305 e. The Labute approximate surface area is 123 Å². The van der Waals surface area contributed by atoms with Crippen molar-refractivity contribution in [3.8, 4) is 11.5 Å². The first-order valence-corrected chi connectivity index (χ1v) is 7.02. The van der Waals surface area contributed by atoms with Crippen LogP contribution in [0.25, 0.3) is 0 Å². The summed E-state index contributed by atoms with van der Waals surface area (Å²) in [5, 5.41) is 11.6. The zero-order chi connectivity index (χ0) is 15.2. The van der Waals surface area contributed by atoms with Crippen molar-refractivity contribution >= 4 is 11.9 Å². The average Bonchev–Trinajstić information content (AvgIpc) is 2.46. The van der Waals surface area contributed by atoms with E-state index in [1.165, 1.54) is 0 Å². The van der Waals surface area contributed by atoms with Crippen LogP contribution in [0.5, 0.6) is 11.5 Å². The molecular formula is C15H19NO5. The molecule has 0 bridgehead atoms. The van der Waals surface area contributed by atoms with E-state index in [1.54, 1.807) is 18.2 Å². The number of carboxylic acid groups (broad SMARTS) is 1. The van der Waals surface area contributed by atoms with E-state index < -0.39 is 5.97 Å². The highest BCUT2D eigenvalue weighted by Crippen LogP contribution is 2.30. The Kier molecular flexibility index (Phi) is 5.03. The van der Waals surface area contributed by atoms with Crippen LogP contribution in [0.1, 0.15) is 36.5 Å². The van der Waals surface area contributed by atoms with Crippen LogP contribution in [-0.4, -0.2) is 36.2 Å². The first kappa shape index (κ1) is 15.2. The molecule has 21 heavy (non-hydrogen) atoms. The molecule has 0 spiro atoms. The van der Waals surface area contributed by atoms with Crippen molar-refractivity contribution in [2.75, 3.05) is 13.2 Å². The van der Waals surface area contributed by atoms with Crippen LogP contribution in [0.15, 0.2) is 18.2 Å². The number of carbonyl (C=O) groups excluding carboxylic acids is 1. The van der Waals surface area contributed by atoms with E-state index >= 15 is 0 Å². The van der Waals surface area contributed by atoms with E-state index in [-0.39, 0.29) is 18.4 Å². The lowest BCUT2D eigenvalue weighted by Crippen LogP contribution is -2.36. The third kappa shape index (κ3) is 4.11. The molecule has 1 aliphatic rings. The van der Waals surface area contributed by atoms with Crippen molar-refractivity contribution in [3.63, 3.8) is 0 Å². The Hall–Kier alpha value is -2.24. The normalized spacial score (nSPS) is 14.3. The minimum absolute atomic E-state index is 0.0792. The third-order valence-electron chi connectivity index (χ3n) is 3.20. The molecule has 0 aromatic heterocycles. The van der Waals surface area contributed by atoms with Gasteiger partial charge in [-0.05, 0) is 24.6 Å². The molecule has 114 valence electrons. The maximum absolute atomic E-state index is 12.2. The fourth-order valence-corrected chi connectivity index (χ4v) is 2.24. The lowest BCUT2D eigenvalue weighted by Gasteiger charge is -2.20. The summed E-state index contributed by atoms with van der Waals surface area (Å²) in [5.74, 6) is -0.0600. The van der Waals surface area contributed by atoms with Crippen LogP contribution in [0.2, 0.25) is 0 Å². The van der Waals surface area contributed by atoms with E-state index in [0.29, 0.717) is 36.7 Å². The van der Waals surface area contributed by atoms with Gasteiger partial charge in [-0.3, -0.25) is 9.59 Å². The van der Waals surface area contributed by atoms with Gasteiger partial charge >= 0.3 is 5.97 Å². The number of ether oxygens (including phenoxy) is 2. The highest BCUT2D eigenvalue weighted by atomic mass is 16.6. The van der Waals surface area contributed by atoms with Gasteiger partial charge in [-0.1, -0.05) is 13.3 Å². The van der Waals surface area contributed by atoms with Gasteiger partial charge in [-0.25, -0.2) is 0 Å². The number of nitrogens with one attached hydrogen (secondary N) is 1. The van der Waals surface area contributed by atoms with Gasteiger partial charge in [-0.15, -0.1) is 0 Å². The minimum Gasteiger partial charge on any atom is -0.486 e. The van der Waals surface area contributed by atoms with E-state index in [1.807, 2.05) is 6.92 Å². The number of hydrogen-bond acceptors (Lipinski definition) is 4. The molecule has 0 fully saturated rings. The summed E-state index contributed by atoms with van der Waals surface area (Å²) in [4.78, 5) is 23.0. The molecule has 1 unspecified atom stereocenters. The fraction of sp³-hybridized carbons (Fsp3) is 0.467. The van der Waals surface area contributed by atoms with Gasteiger partial charge in [0.05, 0.1) is 6.42 Å². The summed E-state index contributed by atoms with van der Waals surface area (Å²) in [7, 11) is 0. The van der Waals surface area contributed by atoms with E-state index in [4.69, 9.17) is 14.6 Å². The number of fused-ring (bicyclic) bond motifs is 1. The summed E-state index contributed by atoms with van der Waals surface area (Å²) in [6, 6.07) is 4.59. The Morgan fingerprint density at radius 1 is 1.29 bits per heavy atom. The Morgan fingerprint density at radius 2 is 2.00 bits per heavy atom. The van der Waals surface area contributed by atoms with Crippen LogP contribution in [-0.2, 0) is 4.79 Å². The molecule has 0 radical (unpaired) electrons. The average molecular weight is 293 g/mol. The second-order valence-corrected chi connectivity index (χ2v) is 4.92. The van der Waals surface area contributed by atoms with Crippen molar-refractivity contribution in [2.45, 2.75) is 32.2 Å². The van der Waals surface area contributed by atoms with Crippen molar-refractivity contribution in [2.24, 2.45) is 0 Å². The zero-order valence-electron chi connectivity index (χ0n) is 11.9. The molecule has 1 atom stereocenters. The zero-order valence-corrected chi connectivity index (χ0v) is 11.9. The number of aliphatic carboxylic acids is 1. The maximum atomic E-state index is 12.2. The largest absolute Gasteiger partial charge is 0.486 e. The lowest BCUT2D eigenvalue weighted by atomic mass is 10.1. The molecule has 6 heteroatoms. The van der Waals surface area contributed by atoms with Crippen molar-refractivity contribution in [1.82, 2.24) is 5.32 Å². The van der Waals surface area contributed by atoms with Crippen LogP contribution >= 0.6 is 0 Å². The molecule has 1 amide bonds. The lowest BCUT2D eigenvalue weighted by molar-refractivity contribution is -0.137. The van der Waals surface area contributed by atoms with Gasteiger partial charge in [0, 0.05) is 11.6 Å². The molecule has 1 aliphatic heterocycles. The number of hydrogen-bond donors (Lipinski definition) is 2. The summed E-state index contributed by atoms with van der Waals surface area (Å²) in [6.45, 7) is 2.90. The van der Waals surface area contributed by atoms with Gasteiger partial charge < -0.3 is 19.9 Å². The van der Waals surface area contributed by atoms with E-state index in [0.717, 1.165) is 6.42 Å². The molecule has 1 aromatic carbocycles.